The number of carbonyl (C=O) groups is 1. The third-order valence-electron chi connectivity index (χ3n) is 3.43. The average Bonchev–Trinajstić information content (AvgIpc) is 2.22. The van der Waals surface area contributed by atoms with Gasteiger partial charge in [-0.3, -0.25) is 4.79 Å². The van der Waals surface area contributed by atoms with Gasteiger partial charge in [0.25, 0.3) is 0 Å². The van der Waals surface area contributed by atoms with Crippen molar-refractivity contribution in [1.29, 1.82) is 0 Å². The van der Waals surface area contributed by atoms with E-state index in [2.05, 4.69) is 27.7 Å². The summed E-state index contributed by atoms with van der Waals surface area (Å²) in [6.45, 7) is 10.0. The van der Waals surface area contributed by atoms with Crippen molar-refractivity contribution in [3.63, 3.8) is 0 Å². The molecule has 18 heavy (non-hydrogen) atoms. The molecule has 0 aromatic heterocycles. The lowest BCUT2D eigenvalue weighted by Gasteiger charge is -2.35. The molecule has 0 saturated heterocycles. The molecule has 0 amide bonds. The fourth-order valence-electron chi connectivity index (χ4n) is 2.55. The molecule has 0 bridgehead atoms. The summed E-state index contributed by atoms with van der Waals surface area (Å²) in [5.74, 6) is 0.744. The van der Waals surface area contributed by atoms with E-state index >= 15 is 0 Å². The van der Waals surface area contributed by atoms with E-state index in [0.29, 0.717) is 0 Å². The topological polar surface area (TPSA) is 35.5 Å². The second-order valence-electron chi connectivity index (χ2n) is 5.79. The molecule has 0 spiro atoms. The second-order valence-corrected chi connectivity index (χ2v) is 5.79. The fraction of sp³-hybridized carbons (Fsp3) is 0.800. The van der Waals surface area contributed by atoms with Crippen molar-refractivity contribution in [2.45, 2.75) is 73.0 Å². The average molecular weight is 254 g/mol. The Balaban J connectivity index is 2.80. The summed E-state index contributed by atoms with van der Waals surface area (Å²) in [6, 6.07) is 0. The molecule has 1 rings (SSSR count). The zero-order valence-electron chi connectivity index (χ0n) is 12.3. The summed E-state index contributed by atoms with van der Waals surface area (Å²) in [5, 5.41) is 0. The van der Waals surface area contributed by atoms with E-state index in [4.69, 9.17) is 9.47 Å². The summed E-state index contributed by atoms with van der Waals surface area (Å²) < 4.78 is 11.2. The maximum absolute atomic E-state index is 11.1. The number of allylic oxidation sites excluding steroid dienone is 2. The molecule has 1 unspecified atom stereocenters. The van der Waals surface area contributed by atoms with Crippen molar-refractivity contribution in [3.05, 3.63) is 11.3 Å². The molecule has 0 aromatic carbocycles. The zero-order valence-corrected chi connectivity index (χ0v) is 12.3. The smallest absolute Gasteiger partial charge is 0.305 e. The van der Waals surface area contributed by atoms with E-state index in [-0.39, 0.29) is 11.4 Å². The number of hydrogen-bond acceptors (Lipinski definition) is 3. The molecular formula is C15H26O3. The third kappa shape index (κ3) is 4.04. The Morgan fingerprint density at radius 2 is 2.11 bits per heavy atom. The number of esters is 1. The molecule has 3 nitrogen and oxygen atoms in total. The Hall–Kier alpha value is -0.990. The van der Waals surface area contributed by atoms with Crippen molar-refractivity contribution >= 4 is 5.97 Å². The van der Waals surface area contributed by atoms with Gasteiger partial charge in [0.15, 0.2) is 0 Å². The predicted molar refractivity (Wildman–Crippen MR) is 71.9 cm³/mol. The molecule has 1 aliphatic rings. The molecule has 0 heterocycles. The molecule has 0 radical (unpaired) electrons. The first-order valence-electron chi connectivity index (χ1n) is 6.91. The first-order valence-corrected chi connectivity index (χ1v) is 6.91. The minimum atomic E-state index is -0.435. The van der Waals surface area contributed by atoms with Gasteiger partial charge in [-0.25, -0.2) is 0 Å². The van der Waals surface area contributed by atoms with Gasteiger partial charge in [-0.15, -0.1) is 0 Å². The van der Waals surface area contributed by atoms with Crippen LogP contribution in [0.5, 0.6) is 0 Å². The highest BCUT2D eigenvalue weighted by molar-refractivity contribution is 5.66. The van der Waals surface area contributed by atoms with Crippen molar-refractivity contribution in [2.75, 3.05) is 0 Å². The van der Waals surface area contributed by atoms with Crippen LogP contribution in [0.2, 0.25) is 0 Å². The third-order valence-corrected chi connectivity index (χ3v) is 3.43. The van der Waals surface area contributed by atoms with E-state index in [1.807, 2.05) is 0 Å². The Labute approximate surface area is 111 Å². The van der Waals surface area contributed by atoms with Gasteiger partial charge in [-0.1, -0.05) is 20.8 Å². The molecule has 1 atom stereocenters. The van der Waals surface area contributed by atoms with Crippen LogP contribution in [0.3, 0.4) is 0 Å². The Morgan fingerprint density at radius 3 is 2.61 bits per heavy atom. The normalized spacial score (nSPS) is 20.5. The van der Waals surface area contributed by atoms with Crippen molar-refractivity contribution in [2.24, 2.45) is 5.41 Å². The Bertz CT molecular complexity index is 329. The molecular weight excluding hydrogens is 228 g/mol. The molecule has 0 N–H and O–H groups in total. The van der Waals surface area contributed by atoms with Crippen molar-refractivity contribution in [3.8, 4) is 0 Å². The predicted octanol–water partition coefficient (Wildman–Crippen LogP) is 4.18. The highest BCUT2D eigenvalue weighted by Gasteiger charge is 2.32. The lowest BCUT2D eigenvalue weighted by atomic mass is 9.78. The lowest BCUT2D eigenvalue weighted by Crippen LogP contribution is -2.28. The van der Waals surface area contributed by atoms with Crippen LogP contribution in [0.1, 0.15) is 66.7 Å². The van der Waals surface area contributed by atoms with Crippen LogP contribution in [0.25, 0.3) is 0 Å². The van der Waals surface area contributed by atoms with Crippen LogP contribution in [0.4, 0.5) is 0 Å². The summed E-state index contributed by atoms with van der Waals surface area (Å²) in [4.78, 5) is 11.1. The highest BCUT2D eigenvalue weighted by Crippen LogP contribution is 2.41. The Morgan fingerprint density at radius 1 is 1.44 bits per heavy atom. The quantitative estimate of drug-likeness (QED) is 0.545. The van der Waals surface area contributed by atoms with E-state index in [1.165, 1.54) is 18.9 Å². The summed E-state index contributed by atoms with van der Waals surface area (Å²) in [7, 11) is 0. The first-order chi connectivity index (χ1) is 8.36. The second kappa shape index (κ2) is 6.26. The van der Waals surface area contributed by atoms with Crippen LogP contribution >= 0.6 is 0 Å². The summed E-state index contributed by atoms with van der Waals surface area (Å²) in [5.41, 5.74) is 1.34. The van der Waals surface area contributed by atoms with Gasteiger partial charge >= 0.3 is 5.97 Å². The Kier molecular flexibility index (Phi) is 5.24. The van der Waals surface area contributed by atoms with Crippen molar-refractivity contribution in [1.82, 2.24) is 0 Å². The molecule has 0 aliphatic heterocycles. The van der Waals surface area contributed by atoms with Gasteiger partial charge in [0.05, 0.1) is 0 Å². The molecule has 0 saturated carbocycles. The number of hydrogen-bond donors (Lipinski definition) is 0. The minimum absolute atomic E-state index is 0.0501. The van der Waals surface area contributed by atoms with Gasteiger partial charge in [-0.2, -0.15) is 0 Å². The lowest BCUT2D eigenvalue weighted by molar-refractivity contribution is -0.173. The largest absolute Gasteiger partial charge is 0.459 e. The maximum Gasteiger partial charge on any atom is 0.305 e. The van der Waals surface area contributed by atoms with E-state index in [0.717, 1.165) is 31.4 Å². The zero-order chi connectivity index (χ0) is 13.8. The molecule has 0 fully saturated rings. The van der Waals surface area contributed by atoms with E-state index < -0.39 is 6.29 Å². The standard InChI is InChI=1S/C15H26O3/c1-6-8-13(17-12(3)16)18-14-11(2)9-7-10-15(14,4)5/h13H,6-10H2,1-5H3. The molecule has 104 valence electrons. The van der Waals surface area contributed by atoms with Crippen LogP contribution in [-0.2, 0) is 14.3 Å². The van der Waals surface area contributed by atoms with Crippen LogP contribution in [0, 0.1) is 5.41 Å². The SMILES string of the molecule is CCCC(OC(C)=O)OC1=C(C)CCCC1(C)C. The van der Waals surface area contributed by atoms with Gasteiger partial charge in [-0.05, 0) is 38.2 Å². The van der Waals surface area contributed by atoms with Gasteiger partial charge in [0.2, 0.25) is 6.29 Å². The van der Waals surface area contributed by atoms with Crippen LogP contribution in [0.15, 0.2) is 11.3 Å². The monoisotopic (exact) mass is 254 g/mol. The number of rotatable bonds is 5. The highest BCUT2D eigenvalue weighted by atomic mass is 16.7. The molecule has 1 aliphatic carbocycles. The first kappa shape index (κ1) is 15.1. The minimum Gasteiger partial charge on any atom is -0.459 e. The maximum atomic E-state index is 11.1. The van der Waals surface area contributed by atoms with Crippen molar-refractivity contribution < 1.29 is 14.3 Å². The molecule has 3 heteroatoms. The van der Waals surface area contributed by atoms with Crippen LogP contribution in [-0.4, -0.2) is 12.3 Å². The van der Waals surface area contributed by atoms with Crippen LogP contribution < -0.4 is 0 Å². The van der Waals surface area contributed by atoms with E-state index in [1.54, 1.807) is 0 Å². The van der Waals surface area contributed by atoms with Gasteiger partial charge < -0.3 is 9.47 Å². The number of ether oxygens (including phenoxy) is 2. The molecule has 0 aromatic rings. The fourth-order valence-corrected chi connectivity index (χ4v) is 2.55. The summed E-state index contributed by atoms with van der Waals surface area (Å²) >= 11 is 0. The van der Waals surface area contributed by atoms with Gasteiger partial charge in [0.1, 0.15) is 5.76 Å². The van der Waals surface area contributed by atoms with Gasteiger partial charge in [0, 0.05) is 18.8 Å². The van der Waals surface area contributed by atoms with E-state index in [9.17, 15) is 4.79 Å². The number of carbonyl (C=O) groups excluding carboxylic acids is 1. The summed E-state index contributed by atoms with van der Waals surface area (Å²) in [6.07, 6.45) is 4.65.